The maximum atomic E-state index is 11.6. The number of aliphatic hydroxyl groups is 3. The highest BCUT2D eigenvalue weighted by atomic mass is 16.6. The molecule has 0 radical (unpaired) electrons. The van der Waals surface area contributed by atoms with Crippen LogP contribution in [-0.2, 0) is 4.74 Å². The number of ether oxygens (including phenoxy) is 1. The molecule has 1 saturated heterocycles. The van der Waals surface area contributed by atoms with Crippen LogP contribution in [0.1, 0.15) is 86.0 Å². The predicted octanol–water partition coefficient (Wildman–Crippen LogP) is 4.77. The molecule has 4 nitrogen and oxygen atoms in total. The van der Waals surface area contributed by atoms with Gasteiger partial charge in [0.15, 0.2) is 0 Å². The Morgan fingerprint density at radius 1 is 1.09 bits per heavy atom. The van der Waals surface area contributed by atoms with Crippen LogP contribution in [0, 0.1) is 34.5 Å². The second-order valence-electron chi connectivity index (χ2n) is 12.8. The van der Waals surface area contributed by atoms with Crippen LogP contribution in [0.2, 0.25) is 0 Å². The topological polar surface area (TPSA) is 73.2 Å². The molecule has 4 unspecified atom stereocenters. The van der Waals surface area contributed by atoms with Crippen LogP contribution in [0.5, 0.6) is 0 Å². The SMILES string of the molecule is C=C(CCC(C)C1CCC2C3=C([C@H](O)C[C@@]21C)[C@@]1(C)CC[C@H](O)CC12O[C@@H]2[C@H]3O)C(C)C. The Bertz CT molecular complexity index is 831. The van der Waals surface area contributed by atoms with Gasteiger partial charge in [-0.25, -0.2) is 0 Å². The minimum absolute atomic E-state index is 0.0112. The molecule has 0 amide bonds. The second-order valence-corrected chi connectivity index (χ2v) is 12.8. The minimum atomic E-state index is -0.641. The third-order valence-electron chi connectivity index (χ3n) is 10.9. The van der Waals surface area contributed by atoms with Gasteiger partial charge < -0.3 is 20.1 Å². The quantitative estimate of drug-likeness (QED) is 0.422. The number of hydrogen-bond donors (Lipinski definition) is 3. The molecule has 10 atom stereocenters. The molecule has 1 aliphatic heterocycles. The van der Waals surface area contributed by atoms with E-state index in [0.29, 0.717) is 30.1 Å². The maximum Gasteiger partial charge on any atom is 0.118 e. The van der Waals surface area contributed by atoms with E-state index in [1.165, 1.54) is 12.0 Å². The molecule has 1 heterocycles. The average molecular weight is 445 g/mol. The average Bonchev–Trinajstić information content (AvgIpc) is 3.34. The molecule has 0 aromatic carbocycles. The van der Waals surface area contributed by atoms with Gasteiger partial charge in [0.2, 0.25) is 0 Å². The van der Waals surface area contributed by atoms with Crippen LogP contribution in [0.3, 0.4) is 0 Å². The van der Waals surface area contributed by atoms with Crippen molar-refractivity contribution in [1.82, 2.24) is 0 Å². The Morgan fingerprint density at radius 3 is 2.50 bits per heavy atom. The Labute approximate surface area is 194 Å². The fraction of sp³-hybridized carbons (Fsp3) is 0.857. The lowest BCUT2D eigenvalue weighted by molar-refractivity contribution is -0.0301. The molecule has 5 aliphatic rings. The number of epoxide rings is 1. The summed E-state index contributed by atoms with van der Waals surface area (Å²) in [6.45, 7) is 15.7. The highest BCUT2D eigenvalue weighted by Gasteiger charge is 2.77. The lowest BCUT2D eigenvalue weighted by Crippen LogP contribution is -2.58. The monoisotopic (exact) mass is 444 g/mol. The summed E-state index contributed by atoms with van der Waals surface area (Å²) >= 11 is 0. The fourth-order valence-electron chi connectivity index (χ4n) is 8.85. The maximum absolute atomic E-state index is 11.6. The Balaban J connectivity index is 1.46. The second kappa shape index (κ2) is 7.41. The number of rotatable bonds is 5. The number of hydrogen-bond acceptors (Lipinski definition) is 4. The van der Waals surface area contributed by atoms with Crippen LogP contribution < -0.4 is 0 Å². The Morgan fingerprint density at radius 2 is 1.81 bits per heavy atom. The van der Waals surface area contributed by atoms with Crippen LogP contribution in [0.4, 0.5) is 0 Å². The Hall–Kier alpha value is -0.680. The molecule has 0 aromatic heterocycles. The number of fused-ring (bicyclic) bond motifs is 3. The van der Waals surface area contributed by atoms with Crippen LogP contribution in [0.15, 0.2) is 23.3 Å². The summed E-state index contributed by atoms with van der Waals surface area (Å²) in [5, 5.41) is 33.5. The van der Waals surface area contributed by atoms with Crippen molar-refractivity contribution < 1.29 is 20.1 Å². The van der Waals surface area contributed by atoms with E-state index in [0.717, 1.165) is 49.7 Å². The van der Waals surface area contributed by atoms with Crippen molar-refractivity contribution in [2.45, 2.75) is 116 Å². The molecule has 32 heavy (non-hydrogen) atoms. The van der Waals surface area contributed by atoms with Crippen LogP contribution >= 0.6 is 0 Å². The molecule has 3 N–H and O–H groups in total. The first-order valence-electron chi connectivity index (χ1n) is 13.1. The smallest absolute Gasteiger partial charge is 0.118 e. The van der Waals surface area contributed by atoms with E-state index in [4.69, 9.17) is 4.74 Å². The normalized spacial score (nSPS) is 50.4. The molecule has 5 rings (SSSR count). The van der Waals surface area contributed by atoms with Gasteiger partial charge in [0.1, 0.15) is 17.8 Å². The molecule has 0 aromatic rings. The number of allylic oxidation sites excluding steroid dienone is 1. The van der Waals surface area contributed by atoms with Crippen molar-refractivity contribution in [3.05, 3.63) is 23.3 Å². The summed E-state index contributed by atoms with van der Waals surface area (Å²) in [5.41, 5.74) is 2.78. The summed E-state index contributed by atoms with van der Waals surface area (Å²) in [6.07, 6.45) is 5.66. The van der Waals surface area contributed by atoms with Crippen molar-refractivity contribution in [2.75, 3.05) is 0 Å². The first kappa shape index (κ1) is 23.1. The largest absolute Gasteiger partial charge is 0.393 e. The first-order valence-corrected chi connectivity index (χ1v) is 13.1. The molecule has 3 fully saturated rings. The van der Waals surface area contributed by atoms with Gasteiger partial charge in [-0.3, -0.25) is 0 Å². The van der Waals surface area contributed by atoms with Gasteiger partial charge in [0, 0.05) is 11.8 Å². The van der Waals surface area contributed by atoms with Gasteiger partial charge in [-0.1, -0.05) is 46.8 Å². The standard InChI is InChI=1S/C28H44O4/c1-15(2)16(3)7-8-17(4)19-9-10-20-22-23(21(30)14-26(19,20)5)27(6)12-11-18(29)13-28(27)25(32-28)24(22)31/h15,17-21,24-25,29-31H,3,7-14H2,1-2,4-6H3/t17?,18-,19?,20?,21+,24-,25+,26+,27+,28?/m0/s1. The number of aliphatic hydroxyl groups excluding tert-OH is 3. The van der Waals surface area contributed by atoms with E-state index < -0.39 is 17.8 Å². The van der Waals surface area contributed by atoms with Crippen molar-refractivity contribution in [2.24, 2.45) is 34.5 Å². The van der Waals surface area contributed by atoms with E-state index in [1.807, 2.05) is 0 Å². The minimum Gasteiger partial charge on any atom is -0.393 e. The third-order valence-corrected chi connectivity index (χ3v) is 10.9. The lowest BCUT2D eigenvalue weighted by atomic mass is 9.49. The van der Waals surface area contributed by atoms with Crippen molar-refractivity contribution in [1.29, 1.82) is 0 Å². The summed E-state index contributed by atoms with van der Waals surface area (Å²) < 4.78 is 6.27. The zero-order valence-corrected chi connectivity index (χ0v) is 20.7. The van der Waals surface area contributed by atoms with Gasteiger partial charge in [0.25, 0.3) is 0 Å². The molecular weight excluding hydrogens is 400 g/mol. The first-order chi connectivity index (χ1) is 15.0. The van der Waals surface area contributed by atoms with E-state index in [1.54, 1.807) is 0 Å². The van der Waals surface area contributed by atoms with Gasteiger partial charge in [-0.15, -0.1) is 0 Å². The third kappa shape index (κ3) is 2.95. The van der Waals surface area contributed by atoms with E-state index in [9.17, 15) is 15.3 Å². The van der Waals surface area contributed by atoms with E-state index in [2.05, 4.69) is 41.2 Å². The van der Waals surface area contributed by atoms with Gasteiger partial charge in [0.05, 0.1) is 12.2 Å². The van der Waals surface area contributed by atoms with Gasteiger partial charge in [-0.2, -0.15) is 0 Å². The highest BCUT2D eigenvalue weighted by Crippen LogP contribution is 2.72. The van der Waals surface area contributed by atoms with E-state index in [-0.39, 0.29) is 23.0 Å². The molecule has 4 aliphatic carbocycles. The molecule has 1 spiro atoms. The van der Waals surface area contributed by atoms with Crippen molar-refractivity contribution in [3.63, 3.8) is 0 Å². The van der Waals surface area contributed by atoms with Gasteiger partial charge >= 0.3 is 0 Å². The van der Waals surface area contributed by atoms with Crippen LogP contribution in [-0.4, -0.2) is 45.3 Å². The zero-order valence-electron chi connectivity index (χ0n) is 20.7. The summed E-state index contributed by atoms with van der Waals surface area (Å²) in [4.78, 5) is 0. The Kier molecular flexibility index (Phi) is 5.34. The van der Waals surface area contributed by atoms with Crippen molar-refractivity contribution >= 4 is 0 Å². The zero-order chi connectivity index (χ0) is 23.2. The molecular formula is C28H44O4. The lowest BCUT2D eigenvalue weighted by Gasteiger charge is -2.55. The summed E-state index contributed by atoms with van der Waals surface area (Å²) in [6, 6.07) is 0. The molecule has 2 saturated carbocycles. The molecule has 4 heteroatoms. The molecule has 0 bridgehead atoms. The van der Waals surface area contributed by atoms with Crippen LogP contribution in [0.25, 0.3) is 0 Å². The predicted molar refractivity (Wildman–Crippen MR) is 126 cm³/mol. The highest BCUT2D eigenvalue weighted by molar-refractivity contribution is 5.47. The summed E-state index contributed by atoms with van der Waals surface area (Å²) in [5.74, 6) is 1.98. The fourth-order valence-corrected chi connectivity index (χ4v) is 8.85. The molecule has 180 valence electrons. The van der Waals surface area contributed by atoms with Crippen molar-refractivity contribution in [3.8, 4) is 0 Å². The van der Waals surface area contributed by atoms with Gasteiger partial charge in [-0.05, 0) is 85.2 Å². The van der Waals surface area contributed by atoms with E-state index >= 15 is 0 Å². The summed E-state index contributed by atoms with van der Waals surface area (Å²) in [7, 11) is 0.